The van der Waals surface area contributed by atoms with E-state index in [-0.39, 0.29) is 11.9 Å². The quantitative estimate of drug-likeness (QED) is 0.653. The van der Waals surface area contributed by atoms with Crippen LogP contribution in [0.3, 0.4) is 0 Å². The van der Waals surface area contributed by atoms with E-state index in [0.29, 0.717) is 13.1 Å². The number of aromatic nitrogens is 1. The van der Waals surface area contributed by atoms with Gasteiger partial charge in [-0.1, -0.05) is 35.9 Å². The summed E-state index contributed by atoms with van der Waals surface area (Å²) >= 11 is 7.59. The minimum absolute atomic E-state index is 0.0597. The predicted molar refractivity (Wildman–Crippen MR) is 108 cm³/mol. The van der Waals surface area contributed by atoms with Crippen molar-refractivity contribution in [3.8, 4) is 0 Å². The topological polar surface area (TPSA) is 46.4 Å². The molecule has 0 saturated carbocycles. The van der Waals surface area contributed by atoms with Gasteiger partial charge in [0.05, 0.1) is 17.3 Å². The molecular formula is C20H23ClN3OS+. The van der Waals surface area contributed by atoms with Crippen LogP contribution in [-0.4, -0.2) is 31.0 Å². The molecule has 2 aromatic carbocycles. The highest BCUT2D eigenvalue weighted by atomic mass is 35.5. The molecule has 0 aliphatic carbocycles. The first-order chi connectivity index (χ1) is 12.5. The van der Waals surface area contributed by atoms with Crippen LogP contribution >= 0.6 is 22.9 Å². The molecule has 3 aromatic rings. The molecule has 2 atom stereocenters. The van der Waals surface area contributed by atoms with E-state index in [9.17, 15) is 4.79 Å². The van der Waals surface area contributed by atoms with Gasteiger partial charge in [0.2, 0.25) is 0 Å². The molecule has 136 valence electrons. The fourth-order valence-corrected chi connectivity index (χ4v) is 3.99. The zero-order chi connectivity index (χ0) is 18.5. The van der Waals surface area contributed by atoms with E-state index in [1.807, 2.05) is 49.5 Å². The van der Waals surface area contributed by atoms with Crippen LogP contribution in [-0.2, 0) is 11.2 Å². The minimum Gasteiger partial charge on any atom is -0.351 e. The van der Waals surface area contributed by atoms with Gasteiger partial charge in [0.25, 0.3) is 5.91 Å². The highest BCUT2D eigenvalue weighted by Gasteiger charge is 2.21. The smallest absolute Gasteiger partial charge is 0.275 e. The number of para-hydroxylation sites is 1. The molecule has 0 aliphatic heterocycles. The summed E-state index contributed by atoms with van der Waals surface area (Å²) in [5.41, 5.74) is 2.19. The Morgan fingerprint density at radius 3 is 2.69 bits per heavy atom. The van der Waals surface area contributed by atoms with Crippen LogP contribution in [0.1, 0.15) is 23.5 Å². The number of nitrogens with zero attached hydrogens (tertiary/aromatic N) is 1. The van der Waals surface area contributed by atoms with Gasteiger partial charge >= 0.3 is 0 Å². The Balaban J connectivity index is 1.49. The average molecular weight is 389 g/mol. The summed E-state index contributed by atoms with van der Waals surface area (Å²) in [7, 11) is 2.04. The Morgan fingerprint density at radius 1 is 1.23 bits per heavy atom. The molecule has 0 fully saturated rings. The molecule has 1 heterocycles. The van der Waals surface area contributed by atoms with Gasteiger partial charge in [-0.3, -0.25) is 4.79 Å². The maximum absolute atomic E-state index is 12.2. The lowest BCUT2D eigenvalue weighted by Crippen LogP contribution is -3.10. The van der Waals surface area contributed by atoms with Crippen LogP contribution < -0.4 is 10.2 Å². The summed E-state index contributed by atoms with van der Waals surface area (Å²) in [6.07, 6.45) is 0.801. The van der Waals surface area contributed by atoms with Gasteiger partial charge in [0.15, 0.2) is 11.6 Å². The van der Waals surface area contributed by atoms with Gasteiger partial charge in [0, 0.05) is 11.6 Å². The van der Waals surface area contributed by atoms with Crippen molar-refractivity contribution in [2.45, 2.75) is 19.4 Å². The first-order valence-electron chi connectivity index (χ1n) is 8.72. The number of fused-ring (bicyclic) bond motifs is 1. The number of hydrogen-bond donors (Lipinski definition) is 2. The van der Waals surface area contributed by atoms with Crippen molar-refractivity contribution in [1.29, 1.82) is 0 Å². The minimum atomic E-state index is 0.0597. The van der Waals surface area contributed by atoms with Gasteiger partial charge in [-0.15, -0.1) is 11.3 Å². The Kier molecular flexibility index (Phi) is 6.25. The van der Waals surface area contributed by atoms with Crippen LogP contribution in [0.5, 0.6) is 0 Å². The summed E-state index contributed by atoms with van der Waals surface area (Å²) in [4.78, 5) is 18.1. The number of quaternary nitrogens is 1. The van der Waals surface area contributed by atoms with Crippen LogP contribution in [0, 0.1) is 0 Å². The third-order valence-electron chi connectivity index (χ3n) is 4.51. The molecule has 4 nitrogen and oxygen atoms in total. The van der Waals surface area contributed by atoms with E-state index in [2.05, 4.69) is 18.3 Å². The lowest BCUT2D eigenvalue weighted by molar-refractivity contribution is -0.902. The Morgan fingerprint density at radius 2 is 1.96 bits per heavy atom. The second-order valence-electron chi connectivity index (χ2n) is 6.49. The maximum Gasteiger partial charge on any atom is 0.275 e. The molecule has 0 saturated heterocycles. The predicted octanol–water partition coefficient (Wildman–Crippen LogP) is 2.88. The zero-order valence-corrected chi connectivity index (χ0v) is 16.5. The third-order valence-corrected chi connectivity index (χ3v) is 5.98. The standard InChI is InChI=1S/C20H22ClN3OS/c1-14(20-23-17-5-3-4-6-18(17)26-20)24(2)13-19(25)22-12-11-15-7-9-16(21)10-8-15/h3-10,14H,11-13H2,1-2H3,(H,22,25)/p+1/t14-/m0/s1. The van der Waals surface area contributed by atoms with Crippen LogP contribution in [0.2, 0.25) is 5.02 Å². The molecule has 3 rings (SSSR count). The van der Waals surface area contributed by atoms with Crippen molar-refractivity contribution in [2.75, 3.05) is 20.1 Å². The number of nitrogens with one attached hydrogen (secondary N) is 2. The summed E-state index contributed by atoms with van der Waals surface area (Å²) < 4.78 is 1.19. The number of amides is 1. The van der Waals surface area contributed by atoms with Crippen molar-refractivity contribution in [3.63, 3.8) is 0 Å². The number of carbonyl (C=O) groups is 1. The molecule has 1 aromatic heterocycles. The molecule has 0 radical (unpaired) electrons. The maximum atomic E-state index is 12.2. The number of thiazole rings is 1. The van der Waals surface area contributed by atoms with Crippen LogP contribution in [0.25, 0.3) is 10.2 Å². The fraction of sp³-hybridized carbons (Fsp3) is 0.300. The number of rotatable bonds is 7. The molecule has 0 aliphatic rings. The third kappa shape index (κ3) is 4.81. The molecule has 2 N–H and O–H groups in total. The molecule has 6 heteroatoms. The molecule has 0 bridgehead atoms. The average Bonchev–Trinajstić information content (AvgIpc) is 3.06. The summed E-state index contributed by atoms with van der Waals surface area (Å²) in [5, 5.41) is 4.80. The summed E-state index contributed by atoms with van der Waals surface area (Å²) in [6.45, 7) is 3.18. The fourth-order valence-electron chi connectivity index (χ4n) is 2.75. The van der Waals surface area contributed by atoms with Crippen molar-refractivity contribution in [3.05, 3.63) is 64.1 Å². The van der Waals surface area contributed by atoms with Crippen molar-refractivity contribution in [1.82, 2.24) is 10.3 Å². The number of benzene rings is 2. The van der Waals surface area contributed by atoms with Gasteiger partial charge in [-0.2, -0.15) is 0 Å². The monoisotopic (exact) mass is 388 g/mol. The first-order valence-corrected chi connectivity index (χ1v) is 9.91. The second kappa shape index (κ2) is 8.62. The van der Waals surface area contributed by atoms with E-state index >= 15 is 0 Å². The lowest BCUT2D eigenvalue weighted by Gasteiger charge is -2.19. The molecular weight excluding hydrogens is 366 g/mol. The Hall–Kier alpha value is -1.95. The number of carbonyl (C=O) groups excluding carboxylic acids is 1. The highest BCUT2D eigenvalue weighted by Crippen LogP contribution is 2.24. The molecule has 0 spiro atoms. The van der Waals surface area contributed by atoms with Gasteiger partial charge < -0.3 is 10.2 Å². The number of hydrogen-bond acceptors (Lipinski definition) is 3. The second-order valence-corrected chi connectivity index (χ2v) is 7.99. The summed E-state index contributed by atoms with van der Waals surface area (Å²) in [5.74, 6) is 0.0597. The molecule has 1 amide bonds. The van der Waals surface area contributed by atoms with Crippen LogP contribution in [0.4, 0.5) is 0 Å². The van der Waals surface area contributed by atoms with E-state index in [1.54, 1.807) is 11.3 Å². The van der Waals surface area contributed by atoms with Crippen molar-refractivity contribution in [2.24, 2.45) is 0 Å². The first kappa shape index (κ1) is 18.8. The zero-order valence-electron chi connectivity index (χ0n) is 15.0. The van der Waals surface area contributed by atoms with Gasteiger partial charge in [-0.25, -0.2) is 4.98 Å². The van der Waals surface area contributed by atoms with Crippen molar-refractivity contribution >= 4 is 39.1 Å². The normalized spacial score (nSPS) is 13.5. The van der Waals surface area contributed by atoms with Gasteiger partial charge in [0.1, 0.15) is 6.04 Å². The van der Waals surface area contributed by atoms with E-state index in [4.69, 9.17) is 16.6 Å². The SMILES string of the molecule is C[C@@H](c1nc2ccccc2s1)[NH+](C)CC(=O)NCCc1ccc(Cl)cc1. The summed E-state index contributed by atoms with van der Waals surface area (Å²) in [6, 6.07) is 16.0. The lowest BCUT2D eigenvalue weighted by atomic mass is 10.1. The van der Waals surface area contributed by atoms with E-state index in [1.165, 1.54) is 10.3 Å². The van der Waals surface area contributed by atoms with Crippen molar-refractivity contribution < 1.29 is 9.69 Å². The Bertz CT molecular complexity index is 845. The van der Waals surface area contributed by atoms with E-state index in [0.717, 1.165) is 26.9 Å². The molecule has 26 heavy (non-hydrogen) atoms. The van der Waals surface area contributed by atoms with Crippen LogP contribution in [0.15, 0.2) is 48.5 Å². The largest absolute Gasteiger partial charge is 0.351 e. The number of halogens is 1. The number of likely N-dealkylation sites (N-methyl/N-ethyl adjacent to an activating group) is 1. The molecule has 1 unspecified atom stereocenters. The highest BCUT2D eigenvalue weighted by molar-refractivity contribution is 7.18. The van der Waals surface area contributed by atoms with Gasteiger partial charge in [-0.05, 0) is 43.2 Å². The Labute approximate surface area is 162 Å². The van der Waals surface area contributed by atoms with E-state index < -0.39 is 0 Å².